The number of Topliss-reactive ketones (excluding diaryl/α,β-unsaturated/α-hetero) is 1. The molecule has 0 radical (unpaired) electrons. The summed E-state index contributed by atoms with van der Waals surface area (Å²) in [6.07, 6.45) is 1.88. The van der Waals surface area contributed by atoms with E-state index in [-0.39, 0.29) is 29.4 Å². The van der Waals surface area contributed by atoms with Crippen molar-refractivity contribution in [3.05, 3.63) is 57.6 Å². The number of methoxy groups -OCH3 is 1. The lowest BCUT2D eigenvalue weighted by atomic mass is 9.95. The van der Waals surface area contributed by atoms with E-state index < -0.39 is 17.7 Å². The number of ether oxygens (including phenoxy) is 3. The van der Waals surface area contributed by atoms with Gasteiger partial charge < -0.3 is 29.3 Å². The van der Waals surface area contributed by atoms with Crippen LogP contribution in [0.4, 0.5) is 0 Å². The molecule has 0 saturated carbocycles. The Hall–Kier alpha value is -3.08. The second-order valence-electron chi connectivity index (χ2n) is 9.23. The third kappa shape index (κ3) is 5.98. The molecule has 2 saturated heterocycles. The van der Waals surface area contributed by atoms with Gasteiger partial charge in [-0.15, -0.1) is 0 Å². The fourth-order valence-electron chi connectivity index (χ4n) is 4.66. The number of phenols is 1. The molecule has 2 aromatic carbocycles. The number of likely N-dealkylation sites (tertiary alicyclic amines) is 1. The molecular formula is C28H33BrN2O7. The van der Waals surface area contributed by atoms with Crippen LogP contribution >= 0.6 is 15.9 Å². The molecule has 2 N–H and O–H groups in total. The van der Waals surface area contributed by atoms with E-state index in [1.54, 1.807) is 36.4 Å². The van der Waals surface area contributed by atoms with Crippen molar-refractivity contribution >= 4 is 33.4 Å². The largest absolute Gasteiger partial charge is 0.507 e. The first-order valence-corrected chi connectivity index (χ1v) is 13.5. The summed E-state index contributed by atoms with van der Waals surface area (Å²) < 4.78 is 16.9. The van der Waals surface area contributed by atoms with E-state index in [0.29, 0.717) is 47.7 Å². The fourth-order valence-corrected chi connectivity index (χ4v) is 5.12. The molecule has 2 aliphatic rings. The predicted molar refractivity (Wildman–Crippen MR) is 145 cm³/mol. The Morgan fingerprint density at radius 2 is 1.92 bits per heavy atom. The van der Waals surface area contributed by atoms with Gasteiger partial charge in [0, 0.05) is 31.7 Å². The SMILES string of the molecule is CCCCOc1cccc(C(O)=C2C(=O)C(=O)N(CCN3CCOCC3)C2c2cc(Br)c(O)c(OC)c2)c1. The number of aromatic hydroxyl groups is 1. The zero-order valence-electron chi connectivity index (χ0n) is 21.6. The van der Waals surface area contributed by atoms with Gasteiger partial charge in [0.05, 0.1) is 43.0 Å². The van der Waals surface area contributed by atoms with Crippen LogP contribution in [0.25, 0.3) is 5.76 Å². The highest BCUT2D eigenvalue weighted by molar-refractivity contribution is 9.10. The van der Waals surface area contributed by atoms with E-state index >= 15 is 0 Å². The first-order valence-electron chi connectivity index (χ1n) is 12.7. The molecule has 2 aromatic rings. The van der Waals surface area contributed by atoms with Gasteiger partial charge in [0.1, 0.15) is 11.5 Å². The maximum absolute atomic E-state index is 13.4. The van der Waals surface area contributed by atoms with Gasteiger partial charge in [0.25, 0.3) is 11.7 Å². The maximum atomic E-state index is 13.4. The summed E-state index contributed by atoms with van der Waals surface area (Å²) in [5.74, 6) is -1.10. The normalized spacial score (nSPS) is 19.7. The first kappa shape index (κ1) is 27.9. The van der Waals surface area contributed by atoms with Crippen molar-refractivity contribution in [1.82, 2.24) is 9.80 Å². The molecule has 1 amide bonds. The first-order chi connectivity index (χ1) is 18.3. The van der Waals surface area contributed by atoms with Crippen LogP contribution in [-0.4, -0.2) is 84.8 Å². The number of amides is 1. The Morgan fingerprint density at radius 3 is 2.63 bits per heavy atom. The molecule has 0 bridgehead atoms. The van der Waals surface area contributed by atoms with E-state index in [4.69, 9.17) is 14.2 Å². The fraction of sp³-hybridized carbons (Fsp3) is 0.429. The zero-order chi connectivity index (χ0) is 27.2. The topological polar surface area (TPSA) is 109 Å². The van der Waals surface area contributed by atoms with E-state index in [9.17, 15) is 19.8 Å². The maximum Gasteiger partial charge on any atom is 0.295 e. The van der Waals surface area contributed by atoms with Gasteiger partial charge in [0.15, 0.2) is 11.5 Å². The standard InChI is InChI=1S/C28H33BrN2O7/c1-3-4-12-38-20-7-5-6-18(15-20)25(32)23-24(19-16-21(29)26(33)22(17-19)36-2)31(28(35)27(23)34)9-8-30-10-13-37-14-11-30/h5-7,15-17,24,32-33H,3-4,8-14H2,1-2H3. The lowest BCUT2D eigenvalue weighted by molar-refractivity contribution is -0.140. The van der Waals surface area contributed by atoms with Gasteiger partial charge in [0.2, 0.25) is 0 Å². The summed E-state index contributed by atoms with van der Waals surface area (Å²) in [5.41, 5.74) is 0.868. The average molecular weight is 589 g/mol. The number of halogens is 1. The summed E-state index contributed by atoms with van der Waals surface area (Å²) in [7, 11) is 1.42. The van der Waals surface area contributed by atoms with Gasteiger partial charge in [-0.2, -0.15) is 0 Å². The Kier molecular flexibility index (Phi) is 9.30. The number of phenolic OH excluding ortho intramolecular Hbond substituents is 1. The van der Waals surface area contributed by atoms with Crippen molar-refractivity contribution in [2.45, 2.75) is 25.8 Å². The molecule has 204 valence electrons. The molecule has 10 heteroatoms. The van der Waals surface area contributed by atoms with Gasteiger partial charge >= 0.3 is 0 Å². The Bertz CT molecular complexity index is 1210. The molecule has 0 aliphatic carbocycles. The zero-order valence-corrected chi connectivity index (χ0v) is 23.2. The van der Waals surface area contributed by atoms with Gasteiger partial charge in [-0.3, -0.25) is 14.5 Å². The van der Waals surface area contributed by atoms with Gasteiger partial charge in [-0.25, -0.2) is 0 Å². The highest BCUT2D eigenvalue weighted by atomic mass is 79.9. The molecule has 1 atom stereocenters. The van der Waals surface area contributed by atoms with Crippen molar-refractivity contribution in [3.8, 4) is 17.2 Å². The van der Waals surface area contributed by atoms with Gasteiger partial charge in [-0.05, 0) is 52.2 Å². The van der Waals surface area contributed by atoms with E-state index in [2.05, 4.69) is 27.8 Å². The van der Waals surface area contributed by atoms with Crippen molar-refractivity contribution < 1.29 is 34.0 Å². The third-order valence-corrected chi connectivity index (χ3v) is 7.37. The molecule has 1 unspecified atom stereocenters. The molecule has 38 heavy (non-hydrogen) atoms. The molecule has 0 spiro atoms. The Balaban J connectivity index is 1.76. The van der Waals surface area contributed by atoms with Crippen LogP contribution in [0, 0.1) is 0 Å². The minimum atomic E-state index is -0.883. The minimum absolute atomic E-state index is 0.0256. The van der Waals surface area contributed by atoms with Crippen molar-refractivity contribution in [2.75, 3.05) is 53.1 Å². The van der Waals surface area contributed by atoms with Crippen LogP contribution in [0.5, 0.6) is 17.2 Å². The molecule has 4 rings (SSSR count). The number of rotatable bonds is 10. The third-order valence-electron chi connectivity index (χ3n) is 6.76. The number of ketones is 1. The second-order valence-corrected chi connectivity index (χ2v) is 10.1. The number of hydrogen-bond acceptors (Lipinski definition) is 8. The summed E-state index contributed by atoms with van der Waals surface area (Å²) >= 11 is 3.34. The monoisotopic (exact) mass is 588 g/mol. The number of aliphatic hydroxyl groups is 1. The minimum Gasteiger partial charge on any atom is -0.507 e. The highest BCUT2D eigenvalue weighted by Gasteiger charge is 2.46. The molecule has 2 fully saturated rings. The predicted octanol–water partition coefficient (Wildman–Crippen LogP) is 4.10. The number of carbonyl (C=O) groups is 2. The van der Waals surface area contributed by atoms with Crippen LogP contribution in [-0.2, 0) is 14.3 Å². The summed E-state index contributed by atoms with van der Waals surface area (Å²) in [5, 5.41) is 21.8. The Morgan fingerprint density at radius 1 is 1.16 bits per heavy atom. The Labute approximate surface area is 230 Å². The van der Waals surface area contributed by atoms with Gasteiger partial charge in [-0.1, -0.05) is 25.5 Å². The summed E-state index contributed by atoms with van der Waals surface area (Å²) in [4.78, 5) is 30.4. The number of morpholine rings is 1. The van der Waals surface area contributed by atoms with Crippen LogP contribution in [0.1, 0.15) is 36.9 Å². The van der Waals surface area contributed by atoms with Crippen LogP contribution < -0.4 is 9.47 Å². The smallest absolute Gasteiger partial charge is 0.295 e. The van der Waals surface area contributed by atoms with E-state index in [1.807, 2.05) is 0 Å². The quantitative estimate of drug-likeness (QED) is 0.185. The number of hydrogen-bond donors (Lipinski definition) is 2. The number of aliphatic hydroxyl groups excluding tert-OH is 1. The number of unbranched alkanes of at least 4 members (excludes halogenated alkanes) is 1. The second kappa shape index (κ2) is 12.6. The molecule has 9 nitrogen and oxygen atoms in total. The van der Waals surface area contributed by atoms with E-state index in [0.717, 1.165) is 25.9 Å². The van der Waals surface area contributed by atoms with Crippen molar-refractivity contribution in [3.63, 3.8) is 0 Å². The number of carbonyl (C=O) groups excluding carboxylic acids is 2. The summed E-state index contributed by atoms with van der Waals surface area (Å²) in [6.45, 7) is 6.11. The molecule has 0 aromatic heterocycles. The highest BCUT2D eigenvalue weighted by Crippen LogP contribution is 2.44. The molecular weight excluding hydrogens is 556 g/mol. The molecule has 2 heterocycles. The lowest BCUT2D eigenvalue weighted by Crippen LogP contribution is -2.42. The lowest BCUT2D eigenvalue weighted by Gasteiger charge is -2.31. The van der Waals surface area contributed by atoms with Crippen LogP contribution in [0.3, 0.4) is 0 Å². The number of nitrogens with zero attached hydrogens (tertiary/aromatic N) is 2. The average Bonchev–Trinajstić information content (AvgIpc) is 3.18. The van der Waals surface area contributed by atoms with Crippen molar-refractivity contribution in [2.24, 2.45) is 0 Å². The van der Waals surface area contributed by atoms with Crippen molar-refractivity contribution in [1.29, 1.82) is 0 Å². The molecule has 2 aliphatic heterocycles. The van der Waals surface area contributed by atoms with Crippen LogP contribution in [0.15, 0.2) is 46.4 Å². The summed E-state index contributed by atoms with van der Waals surface area (Å²) in [6, 6.07) is 9.19. The van der Waals surface area contributed by atoms with Crippen LogP contribution in [0.2, 0.25) is 0 Å². The van der Waals surface area contributed by atoms with E-state index in [1.165, 1.54) is 12.0 Å². The number of benzene rings is 2.